The number of rotatable bonds is 1. The van der Waals surface area contributed by atoms with Gasteiger partial charge in [0.25, 0.3) is 5.91 Å². The summed E-state index contributed by atoms with van der Waals surface area (Å²) in [5, 5.41) is 13.9. The molecule has 1 amide bonds. The van der Waals surface area contributed by atoms with Crippen molar-refractivity contribution < 1.29 is 9.90 Å². The highest BCUT2D eigenvalue weighted by Gasteiger charge is 2.29. The van der Waals surface area contributed by atoms with Gasteiger partial charge in [0.15, 0.2) is 0 Å². The van der Waals surface area contributed by atoms with E-state index in [4.69, 9.17) is 0 Å². The van der Waals surface area contributed by atoms with Crippen molar-refractivity contribution in [3.8, 4) is 0 Å². The smallest absolute Gasteiger partial charge is 0.272 e. The minimum Gasteiger partial charge on any atom is -0.391 e. The Kier molecular flexibility index (Phi) is 3.19. The normalized spacial score (nSPS) is 20.5. The molecular weight excluding hydrogens is 230 g/mol. The minimum absolute atomic E-state index is 0.0444. The second-order valence-electron chi connectivity index (χ2n) is 5.98. The van der Waals surface area contributed by atoms with E-state index in [1.807, 2.05) is 6.07 Å². The number of carbonyl (C=O) groups excluding carboxylic acids is 1. The molecule has 18 heavy (non-hydrogen) atoms. The molecule has 0 bridgehead atoms. The van der Waals surface area contributed by atoms with Crippen LogP contribution in [0.25, 0.3) is 0 Å². The summed E-state index contributed by atoms with van der Waals surface area (Å²) in [6, 6.07) is 1.85. The van der Waals surface area contributed by atoms with Crippen LogP contribution in [0.1, 0.15) is 43.4 Å². The van der Waals surface area contributed by atoms with E-state index in [1.54, 1.807) is 16.6 Å². The maximum atomic E-state index is 12.3. The first-order chi connectivity index (χ1) is 8.29. The van der Waals surface area contributed by atoms with E-state index in [-0.39, 0.29) is 17.4 Å². The van der Waals surface area contributed by atoms with E-state index in [9.17, 15) is 9.90 Å². The second-order valence-corrected chi connectivity index (χ2v) is 5.98. The number of aliphatic hydroxyl groups excluding tert-OH is 1. The standard InChI is InChI=1S/C13H21N3O2/c1-13(2,3)11-7-10(15(4)14-11)12(18)16-6-5-9(17)8-16/h7,9,17H,5-6,8H2,1-4H3/t9-/m1/s1. The van der Waals surface area contributed by atoms with Crippen molar-refractivity contribution in [3.63, 3.8) is 0 Å². The zero-order valence-electron chi connectivity index (χ0n) is 11.5. The van der Waals surface area contributed by atoms with Gasteiger partial charge in [0.05, 0.1) is 11.8 Å². The van der Waals surface area contributed by atoms with Gasteiger partial charge in [-0.3, -0.25) is 9.48 Å². The SMILES string of the molecule is Cn1nc(C(C)(C)C)cc1C(=O)N1CC[C@@H](O)C1. The van der Waals surface area contributed by atoms with Crippen LogP contribution in [0.5, 0.6) is 0 Å². The average molecular weight is 251 g/mol. The Morgan fingerprint density at radius 3 is 2.61 bits per heavy atom. The molecule has 0 radical (unpaired) electrons. The Labute approximate surface area is 107 Å². The number of nitrogens with zero attached hydrogens (tertiary/aromatic N) is 3. The van der Waals surface area contributed by atoms with Crippen LogP contribution in [0.2, 0.25) is 0 Å². The lowest BCUT2D eigenvalue weighted by Crippen LogP contribution is -2.31. The summed E-state index contributed by atoms with van der Waals surface area (Å²) < 4.78 is 1.63. The third kappa shape index (κ3) is 2.41. The van der Waals surface area contributed by atoms with E-state index in [2.05, 4.69) is 25.9 Å². The van der Waals surface area contributed by atoms with E-state index in [0.29, 0.717) is 25.2 Å². The molecule has 0 aromatic carbocycles. The van der Waals surface area contributed by atoms with Gasteiger partial charge < -0.3 is 10.0 Å². The summed E-state index contributed by atoms with van der Waals surface area (Å²) in [5.41, 5.74) is 1.43. The van der Waals surface area contributed by atoms with Crippen LogP contribution in [0.15, 0.2) is 6.07 Å². The Balaban J connectivity index is 2.23. The number of carbonyl (C=O) groups is 1. The van der Waals surface area contributed by atoms with Gasteiger partial charge in [-0.15, -0.1) is 0 Å². The molecule has 0 unspecified atom stereocenters. The van der Waals surface area contributed by atoms with Crippen molar-refractivity contribution in [2.45, 2.75) is 38.7 Å². The molecule has 0 saturated carbocycles. The van der Waals surface area contributed by atoms with E-state index in [1.165, 1.54) is 0 Å². The molecule has 0 spiro atoms. The van der Waals surface area contributed by atoms with Gasteiger partial charge in [-0.25, -0.2) is 0 Å². The molecule has 5 nitrogen and oxygen atoms in total. The number of hydrogen-bond donors (Lipinski definition) is 1. The van der Waals surface area contributed by atoms with E-state index in [0.717, 1.165) is 5.69 Å². The molecule has 1 N–H and O–H groups in total. The summed E-state index contributed by atoms with van der Waals surface area (Å²) in [7, 11) is 1.79. The first-order valence-corrected chi connectivity index (χ1v) is 6.31. The van der Waals surface area contributed by atoms with Crippen LogP contribution in [0, 0.1) is 0 Å². The van der Waals surface area contributed by atoms with Gasteiger partial charge >= 0.3 is 0 Å². The molecule has 1 atom stereocenters. The van der Waals surface area contributed by atoms with Gasteiger partial charge in [-0.05, 0) is 12.5 Å². The fraction of sp³-hybridized carbons (Fsp3) is 0.692. The van der Waals surface area contributed by atoms with Crippen molar-refractivity contribution in [2.24, 2.45) is 7.05 Å². The zero-order valence-corrected chi connectivity index (χ0v) is 11.5. The molecule has 1 aliphatic heterocycles. The quantitative estimate of drug-likeness (QED) is 0.807. The Bertz CT molecular complexity index is 459. The van der Waals surface area contributed by atoms with Gasteiger partial charge in [0.2, 0.25) is 0 Å². The molecule has 1 aromatic heterocycles. The summed E-state index contributed by atoms with van der Waals surface area (Å²) in [4.78, 5) is 14.0. The van der Waals surface area contributed by atoms with Crippen molar-refractivity contribution >= 4 is 5.91 Å². The molecule has 0 aliphatic carbocycles. The highest BCUT2D eigenvalue weighted by molar-refractivity contribution is 5.93. The molecule has 100 valence electrons. The summed E-state index contributed by atoms with van der Waals surface area (Å²) in [5.74, 6) is -0.0444. The predicted molar refractivity (Wildman–Crippen MR) is 68.4 cm³/mol. The fourth-order valence-electron chi connectivity index (χ4n) is 2.12. The highest BCUT2D eigenvalue weighted by Crippen LogP contribution is 2.22. The van der Waals surface area contributed by atoms with Crippen LogP contribution in [0.3, 0.4) is 0 Å². The number of β-amino-alcohol motifs (C(OH)–C–C–N with tert-alkyl or cyclic N) is 1. The molecule has 1 aromatic rings. The third-order valence-corrected chi connectivity index (χ3v) is 3.32. The van der Waals surface area contributed by atoms with Crippen molar-refractivity contribution in [1.82, 2.24) is 14.7 Å². The topological polar surface area (TPSA) is 58.4 Å². The molecular formula is C13H21N3O2. The number of aryl methyl sites for hydroxylation is 1. The lowest BCUT2D eigenvalue weighted by Gasteiger charge is -2.15. The predicted octanol–water partition coefficient (Wildman–Crippen LogP) is 0.924. The first-order valence-electron chi connectivity index (χ1n) is 6.31. The van der Waals surface area contributed by atoms with E-state index < -0.39 is 0 Å². The lowest BCUT2D eigenvalue weighted by atomic mass is 9.92. The molecule has 5 heteroatoms. The van der Waals surface area contributed by atoms with Crippen LogP contribution in [-0.4, -0.2) is 44.9 Å². The van der Waals surface area contributed by atoms with Gasteiger partial charge in [0, 0.05) is 25.6 Å². The van der Waals surface area contributed by atoms with Crippen molar-refractivity contribution in [3.05, 3.63) is 17.5 Å². The second kappa shape index (κ2) is 4.39. The number of likely N-dealkylation sites (tertiary alicyclic amines) is 1. The zero-order chi connectivity index (χ0) is 13.5. The fourth-order valence-corrected chi connectivity index (χ4v) is 2.12. The molecule has 1 aliphatic rings. The van der Waals surface area contributed by atoms with Gasteiger partial charge in [-0.2, -0.15) is 5.10 Å². The maximum absolute atomic E-state index is 12.3. The summed E-state index contributed by atoms with van der Waals surface area (Å²) in [6.45, 7) is 7.26. The number of aromatic nitrogens is 2. The lowest BCUT2D eigenvalue weighted by molar-refractivity contribution is 0.0754. The van der Waals surface area contributed by atoms with Crippen molar-refractivity contribution in [1.29, 1.82) is 0 Å². The highest BCUT2D eigenvalue weighted by atomic mass is 16.3. The van der Waals surface area contributed by atoms with Gasteiger partial charge in [0.1, 0.15) is 5.69 Å². The summed E-state index contributed by atoms with van der Waals surface area (Å²) >= 11 is 0. The largest absolute Gasteiger partial charge is 0.391 e. The molecule has 1 fully saturated rings. The number of aliphatic hydroxyl groups is 1. The number of amides is 1. The third-order valence-electron chi connectivity index (χ3n) is 3.32. The monoisotopic (exact) mass is 251 g/mol. The Hall–Kier alpha value is -1.36. The van der Waals surface area contributed by atoms with Crippen LogP contribution in [0.4, 0.5) is 0 Å². The van der Waals surface area contributed by atoms with E-state index >= 15 is 0 Å². The Morgan fingerprint density at radius 1 is 1.50 bits per heavy atom. The summed E-state index contributed by atoms with van der Waals surface area (Å²) in [6.07, 6.45) is 0.277. The maximum Gasteiger partial charge on any atom is 0.272 e. The van der Waals surface area contributed by atoms with Crippen LogP contribution >= 0.6 is 0 Å². The Morgan fingerprint density at radius 2 is 2.17 bits per heavy atom. The van der Waals surface area contributed by atoms with Crippen LogP contribution < -0.4 is 0 Å². The molecule has 2 heterocycles. The number of hydrogen-bond acceptors (Lipinski definition) is 3. The molecule has 1 saturated heterocycles. The minimum atomic E-state index is -0.385. The van der Waals surface area contributed by atoms with Crippen molar-refractivity contribution in [2.75, 3.05) is 13.1 Å². The first kappa shape index (κ1) is 13.1. The van der Waals surface area contributed by atoms with Gasteiger partial charge in [-0.1, -0.05) is 20.8 Å². The molecule has 2 rings (SSSR count). The van der Waals surface area contributed by atoms with Crippen LogP contribution in [-0.2, 0) is 12.5 Å². The average Bonchev–Trinajstić information content (AvgIpc) is 2.83.